The molecule has 2 atom stereocenters. The largest absolute Gasteiger partial charge is 0.491 e. The van der Waals surface area contributed by atoms with Gasteiger partial charge in [-0.1, -0.05) is 53.0 Å². The van der Waals surface area contributed by atoms with Gasteiger partial charge in [-0.2, -0.15) is 5.10 Å². The second-order valence-electron chi connectivity index (χ2n) is 10.5. The van der Waals surface area contributed by atoms with Crippen LogP contribution in [0.1, 0.15) is 11.1 Å². The van der Waals surface area contributed by atoms with E-state index in [1.807, 2.05) is 59.5 Å². The molecule has 0 aliphatic carbocycles. The number of hydrogen-bond donors (Lipinski definition) is 0. The molecule has 2 fully saturated rings. The third-order valence-corrected chi connectivity index (χ3v) is 8.35. The van der Waals surface area contributed by atoms with Gasteiger partial charge in [-0.05, 0) is 60.2 Å². The van der Waals surface area contributed by atoms with Crippen LogP contribution in [0.2, 0.25) is 15.1 Å². The van der Waals surface area contributed by atoms with Gasteiger partial charge in [0.1, 0.15) is 37.7 Å². The predicted molar refractivity (Wildman–Crippen MR) is 170 cm³/mol. The Balaban J connectivity index is 1.01. The van der Waals surface area contributed by atoms with Crippen molar-refractivity contribution in [2.45, 2.75) is 18.4 Å². The number of piperazine rings is 1. The van der Waals surface area contributed by atoms with Gasteiger partial charge in [0.25, 0.3) is 0 Å². The van der Waals surface area contributed by atoms with Crippen LogP contribution < -0.4 is 9.64 Å². The molecule has 0 bridgehead atoms. The van der Waals surface area contributed by atoms with Crippen molar-refractivity contribution in [3.05, 3.63) is 112 Å². The third kappa shape index (κ3) is 7.20. The van der Waals surface area contributed by atoms with E-state index in [9.17, 15) is 4.79 Å². The van der Waals surface area contributed by atoms with E-state index >= 15 is 0 Å². The van der Waals surface area contributed by atoms with Crippen LogP contribution in [0.5, 0.6) is 5.75 Å². The van der Waals surface area contributed by atoms with Crippen LogP contribution in [0.3, 0.4) is 0 Å². The van der Waals surface area contributed by atoms with E-state index in [0.717, 1.165) is 30.1 Å². The van der Waals surface area contributed by atoms with Crippen molar-refractivity contribution in [1.82, 2.24) is 19.7 Å². The summed E-state index contributed by atoms with van der Waals surface area (Å²) in [6.07, 6.45) is 6.14. The van der Waals surface area contributed by atoms with Gasteiger partial charge >= 0.3 is 0 Å². The highest BCUT2D eigenvalue weighted by atomic mass is 35.5. The number of anilines is 1. The Morgan fingerprint density at radius 2 is 1.73 bits per heavy atom. The quantitative estimate of drug-likeness (QED) is 0.207. The lowest BCUT2D eigenvalue weighted by molar-refractivity contribution is -0.190. The van der Waals surface area contributed by atoms with Crippen LogP contribution >= 0.6 is 34.8 Å². The predicted octanol–water partition coefficient (Wildman–Crippen LogP) is 5.95. The molecule has 0 spiro atoms. The fourth-order valence-corrected chi connectivity index (χ4v) is 5.93. The molecule has 2 aliphatic heterocycles. The summed E-state index contributed by atoms with van der Waals surface area (Å²) in [5.74, 6) is -0.440. The molecule has 2 aliphatic rings. The highest BCUT2D eigenvalue weighted by Gasteiger charge is 2.45. The van der Waals surface area contributed by atoms with Crippen molar-refractivity contribution in [2.75, 3.05) is 44.3 Å². The number of hydrogen-bond acceptors (Lipinski definition) is 7. The number of amides is 1. The summed E-state index contributed by atoms with van der Waals surface area (Å²) in [6.45, 7) is 3.64. The summed E-state index contributed by atoms with van der Waals surface area (Å²) >= 11 is 18.6. The molecule has 4 aromatic rings. The molecule has 6 rings (SSSR count). The van der Waals surface area contributed by atoms with Gasteiger partial charge in [0.2, 0.25) is 11.7 Å². The minimum Gasteiger partial charge on any atom is -0.491 e. The monoisotopic (exact) mass is 653 g/mol. The number of carbonyl (C=O) groups is 1. The van der Waals surface area contributed by atoms with Gasteiger partial charge in [-0.25, -0.2) is 9.67 Å². The van der Waals surface area contributed by atoms with Crippen molar-refractivity contribution < 1.29 is 19.0 Å². The maximum Gasteiger partial charge on any atom is 0.246 e. The standard InChI is InChI=1S/C32H30Cl3N5O4/c33-24-4-1-23(2-5-24)3-12-31(41)39-15-13-38(14-16-39)26-7-9-27(10-8-26)42-18-28-19-43-32(44-28,20-40-22-36-21-37-40)29-11-6-25(34)17-30(29)35/h1-12,17,21-22,28H,13-16,18-20H2. The lowest BCUT2D eigenvalue weighted by Crippen LogP contribution is -2.48. The molecule has 1 amide bonds. The molecule has 2 saturated heterocycles. The van der Waals surface area contributed by atoms with Crippen LogP contribution in [-0.4, -0.2) is 71.1 Å². The van der Waals surface area contributed by atoms with Crippen LogP contribution in [0.25, 0.3) is 6.08 Å². The summed E-state index contributed by atoms with van der Waals surface area (Å²) in [5, 5.41) is 5.84. The lowest BCUT2D eigenvalue weighted by Gasteiger charge is -2.35. The Morgan fingerprint density at radius 1 is 0.977 bits per heavy atom. The number of aromatic nitrogens is 3. The SMILES string of the molecule is O=C(C=Cc1ccc(Cl)cc1)N1CCN(c2ccc(OCC3COC(Cn4cncn4)(c4ccc(Cl)cc4Cl)O3)cc2)CC1. The van der Waals surface area contributed by atoms with Crippen molar-refractivity contribution in [3.8, 4) is 5.75 Å². The summed E-state index contributed by atoms with van der Waals surface area (Å²) in [6, 6.07) is 20.6. The maximum absolute atomic E-state index is 12.7. The average Bonchev–Trinajstić information content (AvgIpc) is 3.70. The average molecular weight is 655 g/mol. The third-order valence-electron chi connectivity index (χ3n) is 7.56. The first-order chi connectivity index (χ1) is 21.4. The van der Waals surface area contributed by atoms with E-state index in [2.05, 4.69) is 15.0 Å². The molecule has 3 heterocycles. The van der Waals surface area contributed by atoms with Gasteiger partial charge in [-0.15, -0.1) is 0 Å². The second-order valence-corrected chi connectivity index (χ2v) is 11.8. The highest BCUT2D eigenvalue weighted by Crippen LogP contribution is 2.40. The topological polar surface area (TPSA) is 82.0 Å². The minimum atomic E-state index is -1.16. The van der Waals surface area contributed by atoms with Crippen molar-refractivity contribution in [3.63, 3.8) is 0 Å². The zero-order valence-corrected chi connectivity index (χ0v) is 26.0. The zero-order chi connectivity index (χ0) is 30.5. The normalized spacial score (nSPS) is 20.4. The van der Waals surface area contributed by atoms with Crippen LogP contribution in [0.15, 0.2) is 85.5 Å². The van der Waals surface area contributed by atoms with Gasteiger partial charge in [0.15, 0.2) is 0 Å². The first kappa shape index (κ1) is 30.4. The summed E-state index contributed by atoms with van der Waals surface area (Å²) < 4.78 is 20.4. The Hall–Kier alpha value is -3.60. The van der Waals surface area contributed by atoms with Gasteiger partial charge < -0.3 is 24.0 Å². The van der Waals surface area contributed by atoms with Gasteiger partial charge in [-0.3, -0.25) is 4.79 Å². The smallest absolute Gasteiger partial charge is 0.246 e. The van der Waals surface area contributed by atoms with E-state index in [1.54, 1.807) is 35.3 Å². The molecule has 0 saturated carbocycles. The summed E-state index contributed by atoms with van der Waals surface area (Å²) in [7, 11) is 0. The fourth-order valence-electron chi connectivity index (χ4n) is 5.26. The Bertz CT molecular complexity index is 1590. The minimum absolute atomic E-state index is 0.00472. The molecule has 44 heavy (non-hydrogen) atoms. The van der Waals surface area contributed by atoms with Gasteiger partial charge in [0, 0.05) is 53.6 Å². The van der Waals surface area contributed by atoms with Crippen LogP contribution in [0, 0.1) is 0 Å². The maximum atomic E-state index is 12.7. The van der Waals surface area contributed by atoms with E-state index in [1.165, 1.54) is 6.33 Å². The number of carbonyl (C=O) groups excluding carboxylic acids is 1. The molecule has 12 heteroatoms. The van der Waals surface area contributed by atoms with Crippen molar-refractivity contribution in [1.29, 1.82) is 0 Å². The molecule has 0 N–H and O–H groups in total. The van der Waals surface area contributed by atoms with Crippen LogP contribution in [-0.2, 0) is 26.6 Å². The lowest BCUT2D eigenvalue weighted by atomic mass is 10.1. The molecule has 9 nitrogen and oxygen atoms in total. The molecular weight excluding hydrogens is 625 g/mol. The zero-order valence-electron chi connectivity index (χ0n) is 23.7. The number of halogens is 3. The second kappa shape index (κ2) is 13.6. The van der Waals surface area contributed by atoms with Crippen molar-refractivity contribution >= 4 is 52.5 Å². The number of rotatable bonds is 9. The van der Waals surface area contributed by atoms with E-state index in [0.29, 0.717) is 40.3 Å². The first-order valence-corrected chi connectivity index (χ1v) is 15.3. The van der Waals surface area contributed by atoms with Gasteiger partial charge in [0.05, 0.1) is 11.6 Å². The molecular formula is C32H30Cl3N5O4. The van der Waals surface area contributed by atoms with Crippen LogP contribution in [0.4, 0.5) is 5.69 Å². The van der Waals surface area contributed by atoms with E-state index in [4.69, 9.17) is 49.0 Å². The number of benzene rings is 3. The molecule has 1 aromatic heterocycles. The van der Waals surface area contributed by atoms with E-state index in [-0.39, 0.29) is 25.2 Å². The highest BCUT2D eigenvalue weighted by molar-refractivity contribution is 6.35. The molecule has 3 aromatic carbocycles. The Morgan fingerprint density at radius 3 is 2.43 bits per heavy atom. The van der Waals surface area contributed by atoms with E-state index < -0.39 is 5.79 Å². The number of nitrogens with zero attached hydrogens (tertiary/aromatic N) is 5. The van der Waals surface area contributed by atoms with Crippen molar-refractivity contribution in [2.24, 2.45) is 0 Å². The first-order valence-electron chi connectivity index (χ1n) is 14.2. The molecule has 0 radical (unpaired) electrons. The number of ether oxygens (including phenoxy) is 3. The summed E-state index contributed by atoms with van der Waals surface area (Å²) in [4.78, 5) is 20.8. The summed E-state index contributed by atoms with van der Waals surface area (Å²) in [5.41, 5.74) is 2.67. The Labute approximate surface area is 270 Å². The Kier molecular flexibility index (Phi) is 9.39. The fraction of sp³-hybridized carbons (Fsp3) is 0.281. The molecule has 228 valence electrons. The molecule has 2 unspecified atom stereocenters.